The quantitative estimate of drug-likeness (QED) is 0.792. The Kier molecular flexibility index (Phi) is 3.14. The molecule has 1 saturated heterocycles. The van der Waals surface area contributed by atoms with Gasteiger partial charge in [0.2, 0.25) is 5.88 Å². The molecule has 1 aliphatic rings. The van der Waals surface area contributed by atoms with Crippen LogP contribution in [0.15, 0.2) is 22.8 Å². The molecule has 0 bridgehead atoms. The van der Waals surface area contributed by atoms with Crippen molar-refractivity contribution in [1.29, 1.82) is 0 Å². The molecule has 1 aromatic rings. The van der Waals surface area contributed by atoms with Crippen LogP contribution in [0.5, 0.6) is 0 Å². The number of hydrogen-bond acceptors (Lipinski definition) is 3. The van der Waals surface area contributed by atoms with Crippen LogP contribution in [0, 0.1) is 0 Å². The highest BCUT2D eigenvalue weighted by Crippen LogP contribution is 2.13. The van der Waals surface area contributed by atoms with E-state index in [2.05, 4.69) is 5.32 Å². The lowest BCUT2D eigenvalue weighted by molar-refractivity contribution is -0.0530. The molecule has 1 aliphatic heterocycles. The van der Waals surface area contributed by atoms with E-state index in [1.165, 1.54) is 6.26 Å². The lowest BCUT2D eigenvalue weighted by Gasteiger charge is -2.34. The van der Waals surface area contributed by atoms with Gasteiger partial charge in [-0.25, -0.2) is 4.79 Å². The van der Waals surface area contributed by atoms with Gasteiger partial charge in [-0.05, 0) is 19.9 Å². The molecule has 1 aromatic heterocycles. The molecular formula is C11H16N2O3. The average molecular weight is 224 g/mol. The highest BCUT2D eigenvalue weighted by molar-refractivity contribution is 5.87. The Morgan fingerprint density at radius 3 is 2.69 bits per heavy atom. The Morgan fingerprint density at radius 1 is 1.44 bits per heavy atom. The van der Waals surface area contributed by atoms with Crippen molar-refractivity contribution in [3.8, 4) is 0 Å². The third kappa shape index (κ3) is 2.55. The lowest BCUT2D eigenvalue weighted by Crippen LogP contribution is -2.49. The van der Waals surface area contributed by atoms with E-state index in [1.807, 2.05) is 13.8 Å². The van der Waals surface area contributed by atoms with Crippen LogP contribution in [-0.2, 0) is 4.74 Å². The first-order valence-corrected chi connectivity index (χ1v) is 5.40. The molecule has 16 heavy (non-hydrogen) atoms. The second-order valence-electron chi connectivity index (χ2n) is 4.07. The number of anilines is 1. The second-order valence-corrected chi connectivity index (χ2v) is 4.07. The molecular weight excluding hydrogens is 208 g/mol. The smallest absolute Gasteiger partial charge is 0.324 e. The van der Waals surface area contributed by atoms with Gasteiger partial charge in [-0.2, -0.15) is 0 Å². The minimum Gasteiger partial charge on any atom is -0.449 e. The summed E-state index contributed by atoms with van der Waals surface area (Å²) in [7, 11) is 0. The average Bonchev–Trinajstić information content (AvgIpc) is 2.68. The van der Waals surface area contributed by atoms with Crippen molar-refractivity contribution in [2.24, 2.45) is 0 Å². The maximum atomic E-state index is 11.9. The van der Waals surface area contributed by atoms with Crippen LogP contribution in [0.2, 0.25) is 0 Å². The molecule has 0 aromatic carbocycles. The van der Waals surface area contributed by atoms with Gasteiger partial charge in [-0.1, -0.05) is 0 Å². The van der Waals surface area contributed by atoms with Crippen molar-refractivity contribution in [3.05, 3.63) is 18.4 Å². The Balaban J connectivity index is 1.94. The van der Waals surface area contributed by atoms with Crippen molar-refractivity contribution >= 4 is 11.9 Å². The van der Waals surface area contributed by atoms with Gasteiger partial charge in [0, 0.05) is 19.2 Å². The highest BCUT2D eigenvalue weighted by Gasteiger charge is 2.26. The van der Waals surface area contributed by atoms with E-state index in [9.17, 15) is 4.79 Å². The molecule has 2 atom stereocenters. The minimum atomic E-state index is -0.142. The summed E-state index contributed by atoms with van der Waals surface area (Å²) in [5, 5.41) is 2.70. The number of amides is 2. The summed E-state index contributed by atoms with van der Waals surface area (Å²) in [5.41, 5.74) is 0. The monoisotopic (exact) mass is 224 g/mol. The number of rotatable bonds is 1. The van der Waals surface area contributed by atoms with Gasteiger partial charge in [-0.3, -0.25) is 5.32 Å². The predicted octanol–water partition coefficient (Wildman–Crippen LogP) is 1.92. The first-order valence-electron chi connectivity index (χ1n) is 5.40. The van der Waals surface area contributed by atoms with Gasteiger partial charge in [0.15, 0.2) is 0 Å². The van der Waals surface area contributed by atoms with E-state index in [0.717, 1.165) is 0 Å². The largest absolute Gasteiger partial charge is 0.449 e. The van der Waals surface area contributed by atoms with Crippen molar-refractivity contribution in [2.75, 3.05) is 18.4 Å². The first-order chi connectivity index (χ1) is 7.65. The molecule has 88 valence electrons. The summed E-state index contributed by atoms with van der Waals surface area (Å²) < 4.78 is 10.6. The summed E-state index contributed by atoms with van der Waals surface area (Å²) in [6, 6.07) is 3.31. The van der Waals surface area contributed by atoms with Gasteiger partial charge >= 0.3 is 6.03 Å². The van der Waals surface area contributed by atoms with Gasteiger partial charge in [0.25, 0.3) is 0 Å². The second kappa shape index (κ2) is 4.57. The van der Waals surface area contributed by atoms with Gasteiger partial charge in [0.1, 0.15) is 0 Å². The van der Waals surface area contributed by atoms with Crippen LogP contribution in [-0.4, -0.2) is 36.2 Å². The maximum absolute atomic E-state index is 11.9. The summed E-state index contributed by atoms with van der Waals surface area (Å²) in [6.45, 7) is 5.14. The number of nitrogens with zero attached hydrogens (tertiary/aromatic N) is 1. The molecule has 2 amide bonds. The molecule has 2 heterocycles. The summed E-state index contributed by atoms with van der Waals surface area (Å²) in [5.74, 6) is 0.469. The van der Waals surface area contributed by atoms with E-state index >= 15 is 0 Å². The zero-order valence-corrected chi connectivity index (χ0v) is 9.47. The number of morpholine rings is 1. The Morgan fingerprint density at radius 2 is 2.12 bits per heavy atom. The molecule has 5 nitrogen and oxygen atoms in total. The molecule has 1 fully saturated rings. The maximum Gasteiger partial charge on any atom is 0.324 e. The van der Waals surface area contributed by atoms with Crippen LogP contribution >= 0.6 is 0 Å². The third-order valence-corrected chi connectivity index (χ3v) is 2.46. The number of ether oxygens (including phenoxy) is 1. The van der Waals surface area contributed by atoms with Crippen molar-refractivity contribution in [3.63, 3.8) is 0 Å². The molecule has 1 N–H and O–H groups in total. The van der Waals surface area contributed by atoms with E-state index in [1.54, 1.807) is 17.0 Å². The number of carbonyl (C=O) groups excluding carboxylic acids is 1. The highest BCUT2D eigenvalue weighted by atomic mass is 16.5. The van der Waals surface area contributed by atoms with E-state index in [0.29, 0.717) is 19.0 Å². The van der Waals surface area contributed by atoms with E-state index < -0.39 is 0 Å². The normalized spacial score (nSPS) is 25.5. The molecule has 0 saturated carbocycles. The van der Waals surface area contributed by atoms with Gasteiger partial charge in [-0.15, -0.1) is 0 Å². The minimum absolute atomic E-state index is 0.0751. The standard InChI is InChI=1S/C11H16N2O3/c1-8-6-13(7-9(2)16-8)11(14)12-10-4-3-5-15-10/h3-5,8-9H,6-7H2,1-2H3,(H,12,14). The Labute approximate surface area is 94.4 Å². The Bertz CT molecular complexity index is 340. The van der Waals surface area contributed by atoms with Crippen LogP contribution in [0.1, 0.15) is 13.8 Å². The van der Waals surface area contributed by atoms with Crippen molar-refractivity contribution < 1.29 is 13.9 Å². The molecule has 0 aliphatic carbocycles. The van der Waals surface area contributed by atoms with Crippen LogP contribution in [0.25, 0.3) is 0 Å². The first kappa shape index (κ1) is 11.0. The number of hydrogen-bond donors (Lipinski definition) is 1. The fourth-order valence-electron chi connectivity index (χ4n) is 1.88. The van der Waals surface area contributed by atoms with Gasteiger partial charge in [0.05, 0.1) is 18.5 Å². The molecule has 5 heteroatoms. The predicted molar refractivity (Wildman–Crippen MR) is 59.3 cm³/mol. The van der Waals surface area contributed by atoms with E-state index in [4.69, 9.17) is 9.15 Å². The topological polar surface area (TPSA) is 54.7 Å². The zero-order valence-electron chi connectivity index (χ0n) is 9.47. The number of urea groups is 1. The van der Waals surface area contributed by atoms with Crippen molar-refractivity contribution in [2.45, 2.75) is 26.1 Å². The molecule has 2 rings (SSSR count). The summed E-state index contributed by atoms with van der Waals surface area (Å²) in [6.07, 6.45) is 1.68. The summed E-state index contributed by atoms with van der Waals surface area (Å²) in [4.78, 5) is 13.6. The van der Waals surface area contributed by atoms with E-state index in [-0.39, 0.29) is 18.2 Å². The number of carbonyl (C=O) groups is 1. The fourth-order valence-corrected chi connectivity index (χ4v) is 1.88. The zero-order chi connectivity index (χ0) is 11.5. The van der Waals surface area contributed by atoms with Crippen LogP contribution < -0.4 is 5.32 Å². The molecule has 0 radical (unpaired) electrons. The van der Waals surface area contributed by atoms with Crippen LogP contribution in [0.3, 0.4) is 0 Å². The molecule has 2 unspecified atom stereocenters. The fraction of sp³-hybridized carbons (Fsp3) is 0.545. The lowest BCUT2D eigenvalue weighted by atomic mass is 10.2. The Hall–Kier alpha value is -1.49. The summed E-state index contributed by atoms with van der Waals surface area (Å²) >= 11 is 0. The number of furan rings is 1. The number of nitrogens with one attached hydrogen (secondary N) is 1. The van der Waals surface area contributed by atoms with Gasteiger partial charge < -0.3 is 14.1 Å². The third-order valence-electron chi connectivity index (χ3n) is 2.46. The molecule has 0 spiro atoms. The van der Waals surface area contributed by atoms with Crippen molar-refractivity contribution in [1.82, 2.24) is 4.90 Å². The SMILES string of the molecule is CC1CN(C(=O)Nc2ccco2)CC(C)O1. The van der Waals surface area contributed by atoms with Crippen LogP contribution in [0.4, 0.5) is 10.7 Å².